The molecule has 0 aliphatic rings. The zero-order valence-electron chi connectivity index (χ0n) is 31.0. The summed E-state index contributed by atoms with van der Waals surface area (Å²) in [6.45, 7) is 0. The monoisotopic (exact) mass is 729 g/mol. The second-order valence-electron chi connectivity index (χ2n) is 14.5. The van der Waals surface area contributed by atoms with Crippen LogP contribution in [0, 0.1) is 0 Å². The minimum atomic E-state index is 0.834. The van der Waals surface area contributed by atoms with Crippen LogP contribution in [0.1, 0.15) is 0 Å². The standard InChI is InChI=1S/C54H35NO2/c1-4-10-36(11-5-1)39-16-18-42(19-17-39)43-24-30-51-47(32-43)49-34-54-50(35-53(49)56-51)48-33-46(29-31-52(48)57-54)55(44-25-20-40(21-26-44)37-12-6-2-7-13-37)45-27-22-41(23-28-45)38-14-8-3-9-15-38/h1-35H. The second kappa shape index (κ2) is 13.6. The molecule has 0 aliphatic heterocycles. The number of nitrogens with zero attached hydrogens (tertiary/aromatic N) is 1. The van der Waals surface area contributed by atoms with Crippen LogP contribution in [0.4, 0.5) is 17.1 Å². The third-order valence-electron chi connectivity index (χ3n) is 11.1. The maximum Gasteiger partial charge on any atom is 0.136 e. The number of hydrogen-bond donors (Lipinski definition) is 0. The lowest BCUT2D eigenvalue weighted by molar-refractivity contribution is 0.664. The first kappa shape index (κ1) is 32.8. The van der Waals surface area contributed by atoms with E-state index in [1.165, 1.54) is 33.4 Å². The molecule has 2 aromatic heterocycles. The van der Waals surface area contributed by atoms with Crippen molar-refractivity contribution in [3.05, 3.63) is 212 Å². The van der Waals surface area contributed by atoms with Crippen LogP contribution < -0.4 is 4.90 Å². The lowest BCUT2D eigenvalue weighted by Gasteiger charge is -2.26. The number of anilines is 3. The van der Waals surface area contributed by atoms with Crippen molar-refractivity contribution in [2.24, 2.45) is 0 Å². The van der Waals surface area contributed by atoms with Gasteiger partial charge >= 0.3 is 0 Å². The van der Waals surface area contributed by atoms with Crippen LogP contribution >= 0.6 is 0 Å². The van der Waals surface area contributed by atoms with Crippen molar-refractivity contribution < 1.29 is 8.83 Å². The van der Waals surface area contributed by atoms with E-state index in [-0.39, 0.29) is 0 Å². The van der Waals surface area contributed by atoms with Gasteiger partial charge in [0.25, 0.3) is 0 Å². The molecule has 0 aliphatic carbocycles. The van der Waals surface area contributed by atoms with Crippen LogP contribution in [-0.4, -0.2) is 0 Å². The van der Waals surface area contributed by atoms with E-state index in [1.54, 1.807) is 0 Å². The summed E-state index contributed by atoms with van der Waals surface area (Å²) in [7, 11) is 0. The number of furan rings is 2. The normalized spacial score (nSPS) is 11.5. The highest BCUT2D eigenvalue weighted by atomic mass is 16.3. The topological polar surface area (TPSA) is 29.5 Å². The molecule has 0 fully saturated rings. The summed E-state index contributed by atoms with van der Waals surface area (Å²) in [5, 5.41) is 4.17. The van der Waals surface area contributed by atoms with Crippen molar-refractivity contribution in [2.45, 2.75) is 0 Å². The largest absolute Gasteiger partial charge is 0.456 e. The predicted octanol–water partition coefficient (Wildman–Crippen LogP) is 15.6. The van der Waals surface area contributed by atoms with Gasteiger partial charge in [-0.05, 0) is 111 Å². The molecule has 0 saturated heterocycles. The van der Waals surface area contributed by atoms with Crippen molar-refractivity contribution in [2.75, 3.05) is 4.90 Å². The van der Waals surface area contributed by atoms with Crippen molar-refractivity contribution in [3.63, 3.8) is 0 Å². The Morgan fingerprint density at radius 3 is 1.00 bits per heavy atom. The van der Waals surface area contributed by atoms with E-state index in [1.807, 2.05) is 6.07 Å². The van der Waals surface area contributed by atoms with Gasteiger partial charge in [-0.1, -0.05) is 146 Å². The van der Waals surface area contributed by atoms with Gasteiger partial charge < -0.3 is 13.7 Å². The van der Waals surface area contributed by atoms with Gasteiger partial charge in [-0.25, -0.2) is 0 Å². The molecule has 268 valence electrons. The lowest BCUT2D eigenvalue weighted by Crippen LogP contribution is -2.09. The van der Waals surface area contributed by atoms with Gasteiger partial charge in [0.1, 0.15) is 22.3 Å². The van der Waals surface area contributed by atoms with Crippen LogP contribution in [0.3, 0.4) is 0 Å². The quantitative estimate of drug-likeness (QED) is 0.164. The number of rotatable bonds is 7. The molecule has 0 amide bonds. The van der Waals surface area contributed by atoms with Gasteiger partial charge in [0.05, 0.1) is 0 Å². The van der Waals surface area contributed by atoms with Crippen LogP contribution in [0.25, 0.3) is 88.4 Å². The van der Waals surface area contributed by atoms with Gasteiger partial charge in [-0.2, -0.15) is 0 Å². The predicted molar refractivity (Wildman–Crippen MR) is 237 cm³/mol. The molecule has 0 saturated carbocycles. The highest BCUT2D eigenvalue weighted by Crippen LogP contribution is 2.42. The van der Waals surface area contributed by atoms with Crippen LogP contribution in [0.5, 0.6) is 0 Å². The molecular formula is C54H35NO2. The molecule has 3 heteroatoms. The summed E-state index contributed by atoms with van der Waals surface area (Å²) in [4.78, 5) is 2.31. The number of hydrogen-bond acceptors (Lipinski definition) is 3. The molecule has 0 unspecified atom stereocenters. The average molecular weight is 730 g/mol. The summed E-state index contributed by atoms with van der Waals surface area (Å²) in [6.07, 6.45) is 0. The van der Waals surface area contributed by atoms with E-state index >= 15 is 0 Å². The van der Waals surface area contributed by atoms with E-state index in [2.05, 4.69) is 211 Å². The van der Waals surface area contributed by atoms with E-state index in [0.717, 1.165) is 72.1 Å². The molecule has 0 spiro atoms. The zero-order valence-corrected chi connectivity index (χ0v) is 31.0. The van der Waals surface area contributed by atoms with E-state index < -0.39 is 0 Å². The van der Waals surface area contributed by atoms with Gasteiger partial charge in [-0.15, -0.1) is 0 Å². The molecule has 57 heavy (non-hydrogen) atoms. The van der Waals surface area contributed by atoms with E-state index in [9.17, 15) is 0 Å². The molecule has 0 radical (unpaired) electrons. The molecule has 0 N–H and O–H groups in total. The van der Waals surface area contributed by atoms with Crippen molar-refractivity contribution >= 4 is 60.9 Å². The molecular weight excluding hydrogens is 695 g/mol. The van der Waals surface area contributed by atoms with E-state index in [0.29, 0.717) is 0 Å². The Balaban J connectivity index is 0.991. The van der Waals surface area contributed by atoms with Gasteiger partial charge in [0.2, 0.25) is 0 Å². The number of benzene rings is 9. The molecule has 9 aromatic carbocycles. The summed E-state index contributed by atoms with van der Waals surface area (Å²) < 4.78 is 13.1. The first-order valence-corrected chi connectivity index (χ1v) is 19.3. The maximum atomic E-state index is 6.56. The molecule has 2 heterocycles. The third kappa shape index (κ3) is 5.94. The highest BCUT2D eigenvalue weighted by Gasteiger charge is 2.18. The fraction of sp³-hybridized carbons (Fsp3) is 0. The Morgan fingerprint density at radius 2 is 0.544 bits per heavy atom. The van der Waals surface area contributed by atoms with Crippen molar-refractivity contribution in [3.8, 4) is 44.5 Å². The number of fused-ring (bicyclic) bond motifs is 6. The summed E-state index contributed by atoms with van der Waals surface area (Å²) in [6, 6.07) is 75.1. The summed E-state index contributed by atoms with van der Waals surface area (Å²) >= 11 is 0. The minimum absolute atomic E-state index is 0.834. The highest BCUT2D eigenvalue weighted by molar-refractivity contribution is 6.15. The third-order valence-corrected chi connectivity index (χ3v) is 11.1. The van der Waals surface area contributed by atoms with Gasteiger partial charge in [0.15, 0.2) is 0 Å². The van der Waals surface area contributed by atoms with Gasteiger partial charge in [-0.3, -0.25) is 0 Å². The first-order valence-electron chi connectivity index (χ1n) is 19.3. The fourth-order valence-corrected chi connectivity index (χ4v) is 8.15. The molecule has 0 bridgehead atoms. The Bertz CT molecular complexity index is 3100. The summed E-state index contributed by atoms with van der Waals surface area (Å²) in [5.41, 5.74) is 16.0. The Labute approximate surface area is 330 Å². The van der Waals surface area contributed by atoms with Gasteiger partial charge in [0, 0.05) is 38.6 Å². The first-order chi connectivity index (χ1) is 28.2. The molecule has 11 rings (SSSR count). The van der Waals surface area contributed by atoms with Crippen LogP contribution in [-0.2, 0) is 0 Å². The molecule has 0 atom stereocenters. The van der Waals surface area contributed by atoms with Crippen LogP contribution in [0.2, 0.25) is 0 Å². The second-order valence-corrected chi connectivity index (χ2v) is 14.5. The molecule has 3 nitrogen and oxygen atoms in total. The Hall–Kier alpha value is -7.62. The summed E-state index contributed by atoms with van der Waals surface area (Å²) in [5.74, 6) is 0. The van der Waals surface area contributed by atoms with E-state index in [4.69, 9.17) is 8.83 Å². The maximum absolute atomic E-state index is 6.56. The van der Waals surface area contributed by atoms with Crippen molar-refractivity contribution in [1.82, 2.24) is 0 Å². The smallest absolute Gasteiger partial charge is 0.136 e. The SMILES string of the molecule is c1ccc(-c2ccc(-c3ccc4oc5cc6c(cc5c4c3)oc3ccc(N(c4ccc(-c5ccccc5)cc4)c4ccc(-c5ccccc5)cc4)cc36)cc2)cc1. The minimum Gasteiger partial charge on any atom is -0.456 e. The molecule has 11 aromatic rings. The average Bonchev–Trinajstić information content (AvgIpc) is 3.83. The van der Waals surface area contributed by atoms with Crippen molar-refractivity contribution in [1.29, 1.82) is 0 Å². The van der Waals surface area contributed by atoms with Crippen LogP contribution in [0.15, 0.2) is 221 Å². The Morgan fingerprint density at radius 1 is 0.228 bits per heavy atom. The fourth-order valence-electron chi connectivity index (χ4n) is 8.15. The Kier molecular flexibility index (Phi) is 7.82. The zero-order chi connectivity index (χ0) is 37.7. The lowest BCUT2D eigenvalue weighted by atomic mass is 9.99.